The van der Waals surface area contributed by atoms with Crippen molar-refractivity contribution in [3.05, 3.63) is 17.5 Å². The van der Waals surface area contributed by atoms with E-state index in [4.69, 9.17) is 4.74 Å². The number of hydrogen-bond donors (Lipinski definition) is 1. The van der Waals surface area contributed by atoms with Crippen LogP contribution in [0.3, 0.4) is 0 Å². The van der Waals surface area contributed by atoms with Gasteiger partial charge in [0, 0.05) is 27.2 Å². The molecule has 8 heteroatoms. The summed E-state index contributed by atoms with van der Waals surface area (Å²) >= 11 is 0. The number of urea groups is 1. The van der Waals surface area contributed by atoms with Crippen molar-refractivity contribution in [2.24, 2.45) is 0 Å². The van der Waals surface area contributed by atoms with Gasteiger partial charge in [-0.25, -0.2) is 4.79 Å². The fourth-order valence-electron chi connectivity index (χ4n) is 3.17. The van der Waals surface area contributed by atoms with Gasteiger partial charge in [0.2, 0.25) is 0 Å². The Hall–Kier alpha value is -2.09. The average molecular weight is 335 g/mol. The first-order valence-corrected chi connectivity index (χ1v) is 8.33. The number of carbonyl (C=O) groups excluding carboxylic acids is 2. The van der Waals surface area contributed by atoms with Crippen LogP contribution in [-0.4, -0.2) is 64.4 Å². The summed E-state index contributed by atoms with van der Waals surface area (Å²) < 4.78 is 7.46. The lowest BCUT2D eigenvalue weighted by Crippen LogP contribution is -2.43. The van der Waals surface area contributed by atoms with Crippen molar-refractivity contribution >= 4 is 11.9 Å². The van der Waals surface area contributed by atoms with E-state index in [9.17, 15) is 9.59 Å². The van der Waals surface area contributed by atoms with Crippen LogP contribution in [0.2, 0.25) is 0 Å². The Morgan fingerprint density at radius 1 is 1.42 bits per heavy atom. The van der Waals surface area contributed by atoms with Crippen LogP contribution in [0.1, 0.15) is 31.2 Å². The largest absolute Gasteiger partial charge is 0.365 e. The molecule has 24 heavy (non-hydrogen) atoms. The minimum absolute atomic E-state index is 0.00334. The van der Waals surface area contributed by atoms with Gasteiger partial charge in [-0.3, -0.25) is 9.48 Å². The van der Waals surface area contributed by atoms with E-state index >= 15 is 0 Å². The fraction of sp³-hybridized carbons (Fsp3) is 0.688. The lowest BCUT2D eigenvalue weighted by Gasteiger charge is -2.29. The molecule has 0 bridgehead atoms. The van der Waals surface area contributed by atoms with E-state index in [1.807, 2.05) is 17.7 Å². The van der Waals surface area contributed by atoms with E-state index < -0.39 is 5.60 Å². The average Bonchev–Trinajstić information content (AvgIpc) is 3.17. The van der Waals surface area contributed by atoms with Gasteiger partial charge in [-0.2, -0.15) is 5.10 Å². The molecular formula is C16H25N5O3. The van der Waals surface area contributed by atoms with Crippen LogP contribution in [0.25, 0.3) is 0 Å². The van der Waals surface area contributed by atoms with E-state index in [1.165, 1.54) is 0 Å². The number of ether oxygens (including phenoxy) is 1. The molecule has 132 valence electrons. The molecule has 0 aliphatic carbocycles. The number of nitrogens with one attached hydrogen (secondary N) is 1. The van der Waals surface area contributed by atoms with Crippen LogP contribution in [0, 0.1) is 0 Å². The van der Waals surface area contributed by atoms with E-state index in [2.05, 4.69) is 10.4 Å². The number of aromatic nitrogens is 2. The second-order valence-electron chi connectivity index (χ2n) is 6.81. The van der Waals surface area contributed by atoms with Crippen molar-refractivity contribution in [2.45, 2.75) is 45.0 Å². The summed E-state index contributed by atoms with van der Waals surface area (Å²) in [5, 5.41) is 7.43. The van der Waals surface area contributed by atoms with Gasteiger partial charge in [-0.1, -0.05) is 0 Å². The molecule has 3 rings (SSSR count). The molecule has 1 N–H and O–H groups in total. The highest BCUT2D eigenvalue weighted by Gasteiger charge is 2.37. The lowest BCUT2D eigenvalue weighted by molar-refractivity contribution is -0.139. The molecule has 2 aliphatic rings. The summed E-state index contributed by atoms with van der Waals surface area (Å²) in [6, 6.07) is 1.95. The molecule has 2 aliphatic heterocycles. The second-order valence-corrected chi connectivity index (χ2v) is 6.81. The Labute approximate surface area is 141 Å². The van der Waals surface area contributed by atoms with Crippen molar-refractivity contribution in [3.63, 3.8) is 0 Å². The molecular weight excluding hydrogens is 310 g/mol. The highest BCUT2D eigenvalue weighted by atomic mass is 16.5. The van der Waals surface area contributed by atoms with Gasteiger partial charge in [0.15, 0.2) is 0 Å². The Morgan fingerprint density at radius 3 is 2.88 bits per heavy atom. The van der Waals surface area contributed by atoms with Crippen LogP contribution in [-0.2, 0) is 29.2 Å². The van der Waals surface area contributed by atoms with Gasteiger partial charge >= 0.3 is 6.03 Å². The number of rotatable bonds is 3. The third-order valence-electron chi connectivity index (χ3n) is 4.63. The Bertz CT molecular complexity index is 634. The third kappa shape index (κ3) is 3.24. The summed E-state index contributed by atoms with van der Waals surface area (Å²) in [6.07, 6.45) is 1.67. The maximum atomic E-state index is 12.3. The van der Waals surface area contributed by atoms with E-state index in [1.54, 1.807) is 23.9 Å². The zero-order chi connectivity index (χ0) is 17.3. The van der Waals surface area contributed by atoms with Gasteiger partial charge in [0.05, 0.1) is 31.0 Å². The molecule has 0 radical (unpaired) electrons. The quantitative estimate of drug-likeness (QED) is 0.876. The zero-order valence-electron chi connectivity index (χ0n) is 14.5. The monoisotopic (exact) mass is 335 g/mol. The van der Waals surface area contributed by atoms with Crippen LogP contribution in [0.15, 0.2) is 6.07 Å². The number of hydrogen-bond acceptors (Lipinski definition) is 4. The van der Waals surface area contributed by atoms with Crippen LogP contribution >= 0.6 is 0 Å². The predicted octanol–water partition coefficient (Wildman–Crippen LogP) is 0.566. The van der Waals surface area contributed by atoms with Crippen molar-refractivity contribution in [1.82, 2.24) is 24.9 Å². The second kappa shape index (κ2) is 6.43. The van der Waals surface area contributed by atoms with Crippen molar-refractivity contribution < 1.29 is 14.3 Å². The normalized spacial score (nSPS) is 23.0. The van der Waals surface area contributed by atoms with Gasteiger partial charge in [-0.15, -0.1) is 0 Å². The standard InChI is InChI=1S/C16H25N5O3/c1-16(5-4-8-24-16)14(22)17-10-12-9-13-11-20(15(23)19(2)3)6-7-21(13)18-12/h9H,4-8,10-11H2,1-3H3,(H,17,22)/t16-/m0/s1. The first-order valence-electron chi connectivity index (χ1n) is 8.33. The summed E-state index contributed by atoms with van der Waals surface area (Å²) in [5.41, 5.74) is 1.08. The van der Waals surface area contributed by atoms with Gasteiger partial charge < -0.3 is 19.9 Å². The molecule has 8 nitrogen and oxygen atoms in total. The van der Waals surface area contributed by atoms with E-state index in [-0.39, 0.29) is 11.9 Å². The van der Waals surface area contributed by atoms with E-state index in [0.717, 1.165) is 24.2 Å². The lowest BCUT2D eigenvalue weighted by atomic mass is 10.0. The smallest absolute Gasteiger partial charge is 0.319 e. The predicted molar refractivity (Wildman–Crippen MR) is 87.2 cm³/mol. The molecule has 1 atom stereocenters. The third-order valence-corrected chi connectivity index (χ3v) is 4.63. The first-order chi connectivity index (χ1) is 11.4. The molecule has 3 heterocycles. The molecule has 1 saturated heterocycles. The van der Waals surface area contributed by atoms with Gasteiger partial charge in [0.25, 0.3) is 5.91 Å². The molecule has 1 aromatic heterocycles. The van der Waals surface area contributed by atoms with Gasteiger partial charge in [-0.05, 0) is 25.8 Å². The highest BCUT2D eigenvalue weighted by Crippen LogP contribution is 2.25. The van der Waals surface area contributed by atoms with Gasteiger partial charge in [0.1, 0.15) is 5.60 Å². The number of amides is 3. The number of carbonyl (C=O) groups is 2. The molecule has 0 unspecified atom stereocenters. The molecule has 0 spiro atoms. The molecule has 1 aromatic rings. The zero-order valence-corrected chi connectivity index (χ0v) is 14.5. The SMILES string of the molecule is CN(C)C(=O)N1CCn2nc(CNC(=O)[C@]3(C)CCCO3)cc2C1. The summed E-state index contributed by atoms with van der Waals surface area (Å²) in [7, 11) is 3.50. The molecule has 3 amide bonds. The Kier molecular flexibility index (Phi) is 4.49. The number of nitrogens with zero attached hydrogens (tertiary/aromatic N) is 4. The van der Waals surface area contributed by atoms with Crippen LogP contribution < -0.4 is 5.32 Å². The maximum absolute atomic E-state index is 12.3. The molecule has 1 fully saturated rings. The molecule has 0 aromatic carbocycles. The van der Waals surface area contributed by atoms with Crippen LogP contribution in [0.5, 0.6) is 0 Å². The molecule has 0 saturated carbocycles. The number of fused-ring (bicyclic) bond motifs is 1. The Morgan fingerprint density at radius 2 is 2.21 bits per heavy atom. The van der Waals surface area contributed by atoms with E-state index in [0.29, 0.717) is 32.8 Å². The fourth-order valence-corrected chi connectivity index (χ4v) is 3.17. The van der Waals surface area contributed by atoms with Crippen molar-refractivity contribution in [2.75, 3.05) is 27.2 Å². The van der Waals surface area contributed by atoms with Crippen molar-refractivity contribution in [1.29, 1.82) is 0 Å². The summed E-state index contributed by atoms with van der Waals surface area (Å²) in [6.45, 7) is 4.70. The minimum Gasteiger partial charge on any atom is -0.365 e. The Balaban J connectivity index is 1.60. The maximum Gasteiger partial charge on any atom is 0.319 e. The summed E-state index contributed by atoms with van der Waals surface area (Å²) in [5.74, 6) is -0.0876. The minimum atomic E-state index is -0.714. The van der Waals surface area contributed by atoms with Crippen molar-refractivity contribution in [3.8, 4) is 0 Å². The first kappa shape index (κ1) is 16.8. The highest BCUT2D eigenvalue weighted by molar-refractivity contribution is 5.84. The van der Waals surface area contributed by atoms with Crippen LogP contribution in [0.4, 0.5) is 4.79 Å². The topological polar surface area (TPSA) is 79.7 Å². The summed E-state index contributed by atoms with van der Waals surface area (Å²) in [4.78, 5) is 27.7.